The molecule has 0 radical (unpaired) electrons. The normalized spacial score (nSPS) is 17.5. The molecule has 0 unspecified atom stereocenters. The number of imide groups is 1. The molecule has 13 heteroatoms. The quantitative estimate of drug-likeness (QED) is 0.212. The van der Waals surface area contributed by atoms with Gasteiger partial charge in [0.25, 0.3) is 5.91 Å². The van der Waals surface area contributed by atoms with Crippen LogP contribution >= 0.6 is 0 Å². The highest BCUT2D eigenvalue weighted by atomic mass is 16.4. The van der Waals surface area contributed by atoms with Crippen LogP contribution in [0.3, 0.4) is 0 Å². The molecule has 0 aliphatic carbocycles. The lowest BCUT2D eigenvalue weighted by Gasteiger charge is -2.35. The molecule has 0 saturated carbocycles. The summed E-state index contributed by atoms with van der Waals surface area (Å²) in [6, 6.07) is 5.29. The van der Waals surface area contributed by atoms with Crippen molar-refractivity contribution < 1.29 is 39.0 Å². The highest BCUT2D eigenvalue weighted by Crippen LogP contribution is 2.22. The second-order valence-electron chi connectivity index (χ2n) is 10.4. The first kappa shape index (κ1) is 31.7. The Kier molecular flexibility index (Phi) is 12.2. The Morgan fingerprint density at radius 3 is 2.24 bits per heavy atom. The molecule has 3 rings (SSSR count). The number of piperidine rings is 2. The van der Waals surface area contributed by atoms with Crippen LogP contribution in [0.25, 0.3) is 0 Å². The first-order valence-electron chi connectivity index (χ1n) is 14.1. The van der Waals surface area contributed by atoms with Crippen LogP contribution in [0.1, 0.15) is 72.1 Å². The molecule has 5 N–H and O–H groups in total. The number of carbonyl (C=O) groups excluding carboxylic acids is 4. The molecule has 2 aliphatic rings. The Hall–Kier alpha value is -3.84. The average Bonchev–Trinajstić information content (AvgIpc) is 2.98. The maximum Gasteiger partial charge on any atom is 0.335 e. The van der Waals surface area contributed by atoms with Gasteiger partial charge in [0.2, 0.25) is 17.7 Å². The van der Waals surface area contributed by atoms with Crippen LogP contribution in [0, 0.1) is 11.8 Å². The fraction of sp³-hybridized carbons (Fsp3) is 0.571. The van der Waals surface area contributed by atoms with Crippen molar-refractivity contribution in [3.63, 3.8) is 0 Å². The van der Waals surface area contributed by atoms with Gasteiger partial charge in [-0.25, -0.2) is 15.2 Å². The third-order valence-electron chi connectivity index (χ3n) is 7.45. The second kappa shape index (κ2) is 15.8. The molecule has 1 atom stereocenters. The molecule has 1 aromatic carbocycles. The third kappa shape index (κ3) is 9.94. The molecule has 224 valence electrons. The van der Waals surface area contributed by atoms with E-state index in [2.05, 4.69) is 16.1 Å². The van der Waals surface area contributed by atoms with E-state index in [1.807, 2.05) is 0 Å². The Morgan fingerprint density at radius 1 is 0.902 bits per heavy atom. The summed E-state index contributed by atoms with van der Waals surface area (Å²) >= 11 is 0. The smallest absolute Gasteiger partial charge is 0.335 e. The number of carboxylic acids is 2. The van der Waals surface area contributed by atoms with Crippen molar-refractivity contribution in [3.05, 3.63) is 35.4 Å². The number of hydrogen-bond donors (Lipinski definition) is 5. The number of nitrogens with one attached hydrogen (secondary N) is 3. The summed E-state index contributed by atoms with van der Waals surface area (Å²) in [5.41, 5.74) is 2.86. The fourth-order valence-corrected chi connectivity index (χ4v) is 5.07. The van der Waals surface area contributed by atoms with Gasteiger partial charge in [-0.15, -0.1) is 0 Å². The molecule has 41 heavy (non-hydrogen) atoms. The maximum absolute atomic E-state index is 13.4. The summed E-state index contributed by atoms with van der Waals surface area (Å²) < 4.78 is 0. The number of carbonyl (C=O) groups is 6. The van der Waals surface area contributed by atoms with Crippen LogP contribution in [-0.2, 0) is 19.2 Å². The van der Waals surface area contributed by atoms with Crippen molar-refractivity contribution in [3.8, 4) is 0 Å². The van der Waals surface area contributed by atoms with E-state index < -0.39 is 35.6 Å². The van der Waals surface area contributed by atoms with Gasteiger partial charge >= 0.3 is 11.9 Å². The topological polar surface area (TPSA) is 185 Å². The SMILES string of the molecule is O=C(O)CCNN(C(=O)CCNC(=O)c1ccc(C(=O)O)cc1)C(=O)[C@@H]1CCCN(C(=O)CCC2CCNCC2)C1. The van der Waals surface area contributed by atoms with E-state index in [-0.39, 0.29) is 49.5 Å². The lowest BCUT2D eigenvalue weighted by Crippen LogP contribution is -2.54. The summed E-state index contributed by atoms with van der Waals surface area (Å²) in [5.74, 6) is -4.02. The minimum absolute atomic E-state index is 0.00292. The highest BCUT2D eigenvalue weighted by Gasteiger charge is 2.34. The Bertz CT molecular complexity index is 1100. The molecule has 2 saturated heterocycles. The number of likely N-dealkylation sites (tertiary alicyclic amines) is 1. The zero-order valence-electron chi connectivity index (χ0n) is 23.1. The molecule has 4 amide bonds. The van der Waals surface area contributed by atoms with Gasteiger partial charge < -0.3 is 25.7 Å². The third-order valence-corrected chi connectivity index (χ3v) is 7.45. The van der Waals surface area contributed by atoms with E-state index in [9.17, 15) is 28.8 Å². The van der Waals surface area contributed by atoms with Crippen LogP contribution in [0.2, 0.25) is 0 Å². The standard InChI is InChI=1S/C28H39N5O8/c34-23(8-3-19-9-13-29-14-10-19)32-17-1-2-22(18-32)27(39)33(31-16-12-25(36)37)24(35)11-15-30-26(38)20-4-6-21(7-5-20)28(40)41/h4-7,19,22,29,31H,1-3,8-18H2,(H,30,38)(H,36,37)(H,40,41)/t22-/m1/s1. The molecule has 2 fully saturated rings. The summed E-state index contributed by atoms with van der Waals surface area (Å²) in [6.07, 6.45) is 3.88. The number of amides is 4. The fourth-order valence-electron chi connectivity index (χ4n) is 5.07. The molecule has 0 bridgehead atoms. The first-order valence-corrected chi connectivity index (χ1v) is 14.1. The summed E-state index contributed by atoms with van der Waals surface area (Å²) in [5, 5.41) is 24.7. The van der Waals surface area contributed by atoms with E-state index in [4.69, 9.17) is 10.2 Å². The number of hydrazine groups is 1. The van der Waals surface area contributed by atoms with Gasteiger partial charge in [-0.2, -0.15) is 0 Å². The van der Waals surface area contributed by atoms with Gasteiger partial charge in [0, 0.05) is 44.6 Å². The van der Waals surface area contributed by atoms with E-state index >= 15 is 0 Å². The molecular formula is C28H39N5O8. The first-order chi connectivity index (χ1) is 19.7. The molecule has 0 spiro atoms. The van der Waals surface area contributed by atoms with Crippen LogP contribution in [0.5, 0.6) is 0 Å². The zero-order valence-corrected chi connectivity index (χ0v) is 23.1. The monoisotopic (exact) mass is 573 g/mol. The van der Waals surface area contributed by atoms with Gasteiger partial charge in [0.05, 0.1) is 17.9 Å². The van der Waals surface area contributed by atoms with E-state index in [1.165, 1.54) is 24.3 Å². The number of aromatic carboxylic acids is 1. The predicted octanol–water partition coefficient (Wildman–Crippen LogP) is 0.858. The minimum Gasteiger partial charge on any atom is -0.481 e. The number of benzene rings is 1. The zero-order chi connectivity index (χ0) is 29.8. The number of nitrogens with zero attached hydrogens (tertiary/aromatic N) is 2. The Balaban J connectivity index is 1.55. The summed E-state index contributed by atoms with van der Waals surface area (Å²) in [4.78, 5) is 75.4. The highest BCUT2D eigenvalue weighted by molar-refractivity contribution is 5.98. The predicted molar refractivity (Wildman–Crippen MR) is 147 cm³/mol. The number of rotatable bonds is 13. The van der Waals surface area contributed by atoms with Gasteiger partial charge in [-0.1, -0.05) is 0 Å². The van der Waals surface area contributed by atoms with E-state index in [0.29, 0.717) is 31.7 Å². The molecule has 2 heterocycles. The lowest BCUT2D eigenvalue weighted by molar-refractivity contribution is -0.154. The van der Waals surface area contributed by atoms with Crippen LogP contribution in [-0.4, -0.2) is 95.0 Å². The Labute approximate surface area is 238 Å². The van der Waals surface area contributed by atoms with Crippen molar-refractivity contribution in [2.24, 2.45) is 11.8 Å². The minimum atomic E-state index is -1.12. The summed E-state index contributed by atoms with van der Waals surface area (Å²) in [7, 11) is 0. The van der Waals surface area contributed by atoms with Gasteiger partial charge in [-0.05, 0) is 75.4 Å². The molecule has 2 aliphatic heterocycles. The largest absolute Gasteiger partial charge is 0.481 e. The Morgan fingerprint density at radius 2 is 1.59 bits per heavy atom. The van der Waals surface area contributed by atoms with Crippen LogP contribution < -0.4 is 16.1 Å². The second-order valence-corrected chi connectivity index (χ2v) is 10.4. The maximum atomic E-state index is 13.4. The number of hydrogen-bond acceptors (Lipinski definition) is 8. The lowest BCUT2D eigenvalue weighted by atomic mass is 9.92. The number of carboxylic acid groups (broad SMARTS) is 2. The van der Waals surface area contributed by atoms with E-state index in [1.54, 1.807) is 4.90 Å². The van der Waals surface area contributed by atoms with Gasteiger partial charge in [0.1, 0.15) is 0 Å². The van der Waals surface area contributed by atoms with Crippen molar-refractivity contribution in [2.45, 2.75) is 51.4 Å². The van der Waals surface area contributed by atoms with Gasteiger partial charge in [0.15, 0.2) is 0 Å². The molecular weight excluding hydrogens is 534 g/mol. The molecule has 0 aromatic heterocycles. The van der Waals surface area contributed by atoms with Gasteiger partial charge in [-0.3, -0.25) is 24.0 Å². The summed E-state index contributed by atoms with van der Waals surface area (Å²) in [6.45, 7) is 2.41. The number of aliphatic carboxylic acids is 1. The average molecular weight is 574 g/mol. The van der Waals surface area contributed by atoms with Crippen molar-refractivity contribution in [1.82, 2.24) is 26.0 Å². The van der Waals surface area contributed by atoms with Crippen molar-refractivity contribution in [2.75, 3.05) is 39.3 Å². The van der Waals surface area contributed by atoms with Crippen LogP contribution in [0.4, 0.5) is 0 Å². The molecule has 1 aromatic rings. The van der Waals surface area contributed by atoms with E-state index in [0.717, 1.165) is 37.4 Å². The molecule has 13 nitrogen and oxygen atoms in total. The van der Waals surface area contributed by atoms with Crippen LogP contribution in [0.15, 0.2) is 24.3 Å². The van der Waals surface area contributed by atoms with Crippen molar-refractivity contribution in [1.29, 1.82) is 0 Å². The van der Waals surface area contributed by atoms with Crippen molar-refractivity contribution >= 4 is 35.6 Å².